The Morgan fingerprint density at radius 2 is 2.22 bits per heavy atom. The molecule has 1 aromatic heterocycles. The summed E-state index contributed by atoms with van der Waals surface area (Å²) in [5.41, 5.74) is 8.56. The van der Waals surface area contributed by atoms with Crippen molar-refractivity contribution < 1.29 is 0 Å². The van der Waals surface area contributed by atoms with Gasteiger partial charge in [-0.3, -0.25) is 4.98 Å². The molecule has 4 nitrogen and oxygen atoms in total. The van der Waals surface area contributed by atoms with Crippen LogP contribution in [0.25, 0.3) is 10.9 Å². The fourth-order valence-electron chi connectivity index (χ4n) is 1.97. The van der Waals surface area contributed by atoms with Crippen LogP contribution in [0.1, 0.15) is 13.3 Å². The van der Waals surface area contributed by atoms with E-state index in [-0.39, 0.29) is 6.04 Å². The Kier molecular flexibility index (Phi) is 3.33. The lowest BCUT2D eigenvalue weighted by molar-refractivity contribution is 0.704. The first kappa shape index (κ1) is 12.2. The molecule has 0 spiro atoms. The third-order valence-corrected chi connectivity index (χ3v) is 3.21. The lowest BCUT2D eigenvalue weighted by Gasteiger charge is -2.26. The summed E-state index contributed by atoms with van der Waals surface area (Å²) >= 11 is 0. The predicted molar refractivity (Wildman–Crippen MR) is 74.3 cm³/mol. The first-order chi connectivity index (χ1) is 8.65. The molecule has 0 aliphatic rings. The lowest BCUT2D eigenvalue weighted by Crippen LogP contribution is -2.28. The van der Waals surface area contributed by atoms with Crippen LogP contribution < -0.4 is 10.6 Å². The van der Waals surface area contributed by atoms with Crippen molar-refractivity contribution in [2.45, 2.75) is 19.4 Å². The molecule has 0 radical (unpaired) electrons. The molecule has 0 amide bonds. The van der Waals surface area contributed by atoms with Crippen molar-refractivity contribution in [2.24, 2.45) is 0 Å². The Hall–Kier alpha value is -2.28. The van der Waals surface area contributed by atoms with E-state index in [0.29, 0.717) is 6.42 Å². The summed E-state index contributed by atoms with van der Waals surface area (Å²) in [6.45, 7) is 2.02. The van der Waals surface area contributed by atoms with Crippen LogP contribution in [0, 0.1) is 11.3 Å². The number of aromatic nitrogens is 1. The highest BCUT2D eigenvalue weighted by Crippen LogP contribution is 2.29. The number of hydrogen-bond acceptors (Lipinski definition) is 4. The second-order valence-corrected chi connectivity index (χ2v) is 4.40. The molecular formula is C14H16N4. The van der Waals surface area contributed by atoms with Crippen molar-refractivity contribution in [1.82, 2.24) is 4.98 Å². The number of fused-ring (bicyclic) bond motifs is 1. The summed E-state index contributed by atoms with van der Waals surface area (Å²) in [5.74, 6) is 0. The molecule has 0 bridgehead atoms. The van der Waals surface area contributed by atoms with E-state index in [0.717, 1.165) is 22.3 Å². The standard InChI is InChI=1S/C14H16N4/c1-10(7-8-15)18(2)13-6-5-12(16)11-4-3-9-17-14(11)13/h3-6,9-10H,7,16H2,1-2H3. The average molecular weight is 240 g/mol. The number of nitrogen functional groups attached to an aromatic ring is 1. The quantitative estimate of drug-likeness (QED) is 0.837. The number of anilines is 2. The molecule has 0 aliphatic heterocycles. The van der Waals surface area contributed by atoms with Crippen molar-refractivity contribution in [3.8, 4) is 6.07 Å². The smallest absolute Gasteiger partial charge is 0.0955 e. The van der Waals surface area contributed by atoms with Gasteiger partial charge in [0.15, 0.2) is 0 Å². The van der Waals surface area contributed by atoms with Gasteiger partial charge in [0, 0.05) is 30.4 Å². The molecule has 2 rings (SSSR count). The van der Waals surface area contributed by atoms with E-state index in [4.69, 9.17) is 11.0 Å². The fourth-order valence-corrected chi connectivity index (χ4v) is 1.97. The Balaban J connectivity index is 2.52. The zero-order chi connectivity index (χ0) is 13.1. The normalized spacial score (nSPS) is 12.1. The molecule has 1 atom stereocenters. The molecule has 0 aliphatic carbocycles. The lowest BCUT2D eigenvalue weighted by atomic mass is 10.1. The molecular weight excluding hydrogens is 224 g/mol. The van der Waals surface area contributed by atoms with Crippen LogP contribution >= 0.6 is 0 Å². The van der Waals surface area contributed by atoms with Crippen LogP contribution in [-0.2, 0) is 0 Å². The second-order valence-electron chi connectivity index (χ2n) is 4.40. The second kappa shape index (κ2) is 4.92. The van der Waals surface area contributed by atoms with Gasteiger partial charge in [-0.05, 0) is 31.2 Å². The highest BCUT2D eigenvalue weighted by Gasteiger charge is 2.14. The number of nitrogens with two attached hydrogens (primary N) is 1. The molecule has 0 fully saturated rings. The summed E-state index contributed by atoms with van der Waals surface area (Å²) in [7, 11) is 1.97. The minimum Gasteiger partial charge on any atom is -0.398 e. The Morgan fingerprint density at radius 3 is 2.94 bits per heavy atom. The van der Waals surface area contributed by atoms with Gasteiger partial charge in [0.1, 0.15) is 0 Å². The van der Waals surface area contributed by atoms with E-state index < -0.39 is 0 Å². The number of nitriles is 1. The van der Waals surface area contributed by atoms with Gasteiger partial charge in [0.2, 0.25) is 0 Å². The molecule has 1 aromatic carbocycles. The van der Waals surface area contributed by atoms with Gasteiger partial charge in [-0.25, -0.2) is 0 Å². The van der Waals surface area contributed by atoms with E-state index in [1.54, 1.807) is 6.20 Å². The molecule has 1 unspecified atom stereocenters. The fraction of sp³-hybridized carbons (Fsp3) is 0.286. The molecule has 92 valence electrons. The van der Waals surface area contributed by atoms with E-state index in [1.807, 2.05) is 38.2 Å². The Morgan fingerprint density at radius 1 is 1.44 bits per heavy atom. The number of rotatable bonds is 3. The van der Waals surface area contributed by atoms with Gasteiger partial charge in [-0.2, -0.15) is 5.26 Å². The van der Waals surface area contributed by atoms with Crippen LogP contribution in [0.15, 0.2) is 30.5 Å². The van der Waals surface area contributed by atoms with Crippen molar-refractivity contribution in [1.29, 1.82) is 5.26 Å². The summed E-state index contributed by atoms with van der Waals surface area (Å²) in [6, 6.07) is 10.0. The first-order valence-electron chi connectivity index (χ1n) is 5.88. The molecule has 0 saturated carbocycles. The SMILES string of the molecule is CC(CC#N)N(C)c1ccc(N)c2cccnc12. The van der Waals surface area contributed by atoms with Gasteiger partial charge in [-0.1, -0.05) is 0 Å². The summed E-state index contributed by atoms with van der Waals surface area (Å²) in [5, 5.41) is 9.73. The summed E-state index contributed by atoms with van der Waals surface area (Å²) in [6.07, 6.45) is 2.24. The Labute approximate surface area is 107 Å². The van der Waals surface area contributed by atoms with E-state index in [9.17, 15) is 0 Å². The maximum atomic E-state index is 8.78. The minimum atomic E-state index is 0.142. The number of benzene rings is 1. The highest BCUT2D eigenvalue weighted by molar-refractivity contribution is 5.98. The summed E-state index contributed by atoms with van der Waals surface area (Å²) < 4.78 is 0. The van der Waals surface area contributed by atoms with Crippen LogP contribution in [0.3, 0.4) is 0 Å². The van der Waals surface area contributed by atoms with Crippen molar-refractivity contribution >= 4 is 22.3 Å². The largest absolute Gasteiger partial charge is 0.398 e. The predicted octanol–water partition coefficient (Wildman–Crippen LogP) is 2.56. The van der Waals surface area contributed by atoms with Crippen LogP contribution in [0.4, 0.5) is 11.4 Å². The Bertz CT molecular complexity index is 600. The molecule has 18 heavy (non-hydrogen) atoms. The van der Waals surface area contributed by atoms with Gasteiger partial charge in [-0.15, -0.1) is 0 Å². The van der Waals surface area contributed by atoms with Crippen molar-refractivity contribution in [3.05, 3.63) is 30.5 Å². The zero-order valence-electron chi connectivity index (χ0n) is 10.6. The van der Waals surface area contributed by atoms with E-state index in [1.165, 1.54) is 0 Å². The van der Waals surface area contributed by atoms with Crippen molar-refractivity contribution in [3.63, 3.8) is 0 Å². The first-order valence-corrected chi connectivity index (χ1v) is 5.88. The molecule has 4 heteroatoms. The summed E-state index contributed by atoms with van der Waals surface area (Å²) in [4.78, 5) is 6.47. The molecule has 1 heterocycles. The van der Waals surface area contributed by atoms with Crippen molar-refractivity contribution in [2.75, 3.05) is 17.7 Å². The number of nitrogens with zero attached hydrogens (tertiary/aromatic N) is 3. The van der Waals surface area contributed by atoms with Gasteiger partial charge in [0.25, 0.3) is 0 Å². The van der Waals surface area contributed by atoms with Gasteiger partial charge >= 0.3 is 0 Å². The molecule has 0 saturated heterocycles. The van der Waals surface area contributed by atoms with Crippen LogP contribution in [0.2, 0.25) is 0 Å². The third-order valence-electron chi connectivity index (χ3n) is 3.21. The van der Waals surface area contributed by atoms with Gasteiger partial charge < -0.3 is 10.6 Å². The zero-order valence-corrected chi connectivity index (χ0v) is 10.6. The van der Waals surface area contributed by atoms with Crippen LogP contribution in [-0.4, -0.2) is 18.1 Å². The third kappa shape index (κ3) is 2.07. The number of hydrogen-bond donors (Lipinski definition) is 1. The maximum Gasteiger partial charge on any atom is 0.0955 e. The van der Waals surface area contributed by atoms with Crippen LogP contribution in [0.5, 0.6) is 0 Å². The topological polar surface area (TPSA) is 65.9 Å². The highest BCUT2D eigenvalue weighted by atomic mass is 15.1. The molecule has 2 aromatic rings. The molecule has 2 N–H and O–H groups in total. The van der Waals surface area contributed by atoms with E-state index in [2.05, 4.69) is 16.0 Å². The number of pyridine rings is 1. The maximum absolute atomic E-state index is 8.78. The van der Waals surface area contributed by atoms with E-state index >= 15 is 0 Å². The van der Waals surface area contributed by atoms with Gasteiger partial charge in [0.05, 0.1) is 23.7 Å². The minimum absolute atomic E-state index is 0.142. The monoisotopic (exact) mass is 240 g/mol. The average Bonchev–Trinajstić information content (AvgIpc) is 2.39.